The Balaban J connectivity index is 1.67. The lowest BCUT2D eigenvalue weighted by atomic mass is 9.83. The zero-order valence-corrected chi connectivity index (χ0v) is 19.6. The second-order valence-electron chi connectivity index (χ2n) is 7.99. The molecule has 4 rings (SSSR count). The van der Waals surface area contributed by atoms with Crippen molar-refractivity contribution in [2.75, 3.05) is 13.7 Å². The highest BCUT2D eigenvalue weighted by molar-refractivity contribution is 5.91. The average molecular weight is 471 g/mol. The van der Waals surface area contributed by atoms with Crippen LogP contribution in [0.4, 0.5) is 0 Å². The van der Waals surface area contributed by atoms with Crippen LogP contribution in [0.5, 0.6) is 23.0 Å². The highest BCUT2D eigenvalue weighted by Crippen LogP contribution is 2.45. The van der Waals surface area contributed by atoms with E-state index in [9.17, 15) is 10.1 Å². The molecule has 0 bridgehead atoms. The molecule has 3 aromatic carbocycles. The maximum atomic E-state index is 12.5. The zero-order valence-electron chi connectivity index (χ0n) is 19.6. The first-order valence-electron chi connectivity index (χ1n) is 11.3. The summed E-state index contributed by atoms with van der Waals surface area (Å²) in [6.45, 7) is 2.69. The van der Waals surface area contributed by atoms with Gasteiger partial charge in [-0.05, 0) is 42.3 Å². The predicted molar refractivity (Wildman–Crippen MR) is 131 cm³/mol. The van der Waals surface area contributed by atoms with Gasteiger partial charge in [-0.25, -0.2) is 4.79 Å². The van der Waals surface area contributed by atoms with E-state index >= 15 is 0 Å². The van der Waals surface area contributed by atoms with Gasteiger partial charge in [0, 0.05) is 11.6 Å². The van der Waals surface area contributed by atoms with Gasteiger partial charge >= 0.3 is 5.97 Å². The van der Waals surface area contributed by atoms with Crippen molar-refractivity contribution in [3.8, 4) is 29.1 Å². The monoisotopic (exact) mass is 470 g/mol. The molecule has 178 valence electrons. The van der Waals surface area contributed by atoms with Gasteiger partial charge in [0.1, 0.15) is 23.1 Å². The molecule has 7 nitrogen and oxygen atoms in total. The van der Waals surface area contributed by atoms with Gasteiger partial charge in [-0.15, -0.1) is 0 Å². The number of unbranched alkanes of at least 4 members (excludes halogenated alkanes) is 1. The molecule has 1 unspecified atom stereocenters. The third-order valence-corrected chi connectivity index (χ3v) is 5.69. The van der Waals surface area contributed by atoms with E-state index in [1.807, 2.05) is 24.3 Å². The number of benzene rings is 3. The quantitative estimate of drug-likeness (QED) is 0.270. The number of methoxy groups -OCH3 is 1. The van der Waals surface area contributed by atoms with Gasteiger partial charge in [-0.2, -0.15) is 5.26 Å². The summed E-state index contributed by atoms with van der Waals surface area (Å²) in [6.07, 6.45) is 1.96. The first-order chi connectivity index (χ1) is 17.0. The molecule has 1 atom stereocenters. The molecule has 0 aromatic heterocycles. The van der Waals surface area contributed by atoms with E-state index < -0.39 is 11.9 Å². The largest absolute Gasteiger partial charge is 0.493 e. The van der Waals surface area contributed by atoms with Crippen LogP contribution in [0, 0.1) is 11.3 Å². The molecule has 1 aliphatic rings. The number of nitrogens with zero attached hydrogens (tertiary/aromatic N) is 1. The second kappa shape index (κ2) is 10.7. The summed E-state index contributed by atoms with van der Waals surface area (Å²) in [7, 11) is 1.58. The molecule has 0 fully saturated rings. The molecule has 0 saturated carbocycles. The third kappa shape index (κ3) is 5.07. The maximum absolute atomic E-state index is 12.5. The minimum absolute atomic E-state index is 0.00113. The predicted octanol–water partition coefficient (Wildman–Crippen LogP) is 5.31. The van der Waals surface area contributed by atoms with Crippen molar-refractivity contribution in [2.45, 2.75) is 25.7 Å². The molecule has 0 spiro atoms. The molecule has 2 N–H and O–H groups in total. The van der Waals surface area contributed by atoms with E-state index in [1.165, 1.54) is 0 Å². The molecular weight excluding hydrogens is 444 g/mol. The Hall–Kier alpha value is -4.44. The molecule has 0 radical (unpaired) electrons. The van der Waals surface area contributed by atoms with Crippen molar-refractivity contribution in [2.24, 2.45) is 5.73 Å². The van der Waals surface area contributed by atoms with E-state index in [4.69, 9.17) is 24.7 Å². The highest BCUT2D eigenvalue weighted by atomic mass is 16.5. The molecule has 0 amide bonds. The van der Waals surface area contributed by atoms with Crippen LogP contribution in [0.1, 0.15) is 47.2 Å². The van der Waals surface area contributed by atoms with Crippen molar-refractivity contribution in [3.05, 3.63) is 94.9 Å². The Bertz CT molecular complexity index is 1290. The topological polar surface area (TPSA) is 104 Å². The number of fused-ring (bicyclic) bond motifs is 1. The normalized spacial score (nSPS) is 14.4. The number of nitriles is 1. The van der Waals surface area contributed by atoms with E-state index in [2.05, 4.69) is 13.0 Å². The Morgan fingerprint density at radius 3 is 2.60 bits per heavy atom. The van der Waals surface area contributed by atoms with Gasteiger partial charge in [0.15, 0.2) is 11.5 Å². The number of hydrogen-bond donors (Lipinski definition) is 1. The standard InChI is InChI=1S/C28H26N2O5/c1-3-4-14-33-23-13-10-19(15-25(23)32-2)26-21-12-11-20(16-24(21)35-27(30)22(26)17-29)34-28(31)18-8-6-5-7-9-18/h5-13,15-16,26H,3-4,14,30H2,1-2H3. The van der Waals surface area contributed by atoms with Gasteiger partial charge in [0.2, 0.25) is 5.88 Å². The van der Waals surface area contributed by atoms with Crippen molar-refractivity contribution < 1.29 is 23.7 Å². The first-order valence-corrected chi connectivity index (χ1v) is 11.3. The van der Waals surface area contributed by atoms with E-state index in [0.717, 1.165) is 24.0 Å². The summed E-state index contributed by atoms with van der Waals surface area (Å²) < 4.78 is 22.7. The lowest BCUT2D eigenvalue weighted by Gasteiger charge is -2.27. The summed E-state index contributed by atoms with van der Waals surface area (Å²) >= 11 is 0. The number of carbonyl (C=O) groups is 1. The minimum atomic E-state index is -0.485. The molecular formula is C28H26N2O5. The van der Waals surface area contributed by atoms with Crippen LogP contribution in [0.15, 0.2) is 78.2 Å². The van der Waals surface area contributed by atoms with Gasteiger partial charge in [-0.3, -0.25) is 0 Å². The lowest BCUT2D eigenvalue weighted by Crippen LogP contribution is -2.21. The minimum Gasteiger partial charge on any atom is -0.493 e. The number of nitrogens with two attached hydrogens (primary N) is 1. The fraction of sp³-hybridized carbons (Fsp3) is 0.214. The summed E-state index contributed by atoms with van der Waals surface area (Å²) in [4.78, 5) is 12.5. The zero-order chi connectivity index (χ0) is 24.8. The van der Waals surface area contributed by atoms with Gasteiger partial charge in [0.25, 0.3) is 0 Å². The van der Waals surface area contributed by atoms with Crippen molar-refractivity contribution >= 4 is 5.97 Å². The molecule has 0 saturated heterocycles. The molecule has 1 aliphatic heterocycles. The van der Waals surface area contributed by atoms with E-state index in [0.29, 0.717) is 35.2 Å². The Morgan fingerprint density at radius 2 is 1.89 bits per heavy atom. The number of hydrogen-bond acceptors (Lipinski definition) is 7. The third-order valence-electron chi connectivity index (χ3n) is 5.69. The lowest BCUT2D eigenvalue weighted by molar-refractivity contribution is 0.0734. The second-order valence-corrected chi connectivity index (χ2v) is 7.99. The number of allylic oxidation sites excluding steroid dienone is 1. The average Bonchev–Trinajstić information content (AvgIpc) is 2.88. The summed E-state index contributed by atoms with van der Waals surface area (Å²) in [5.41, 5.74) is 8.36. The number of ether oxygens (including phenoxy) is 4. The molecule has 35 heavy (non-hydrogen) atoms. The Kier molecular flexibility index (Phi) is 7.22. The number of esters is 1. The summed E-state index contributed by atoms with van der Waals surface area (Å²) in [6, 6.07) is 21.5. The fourth-order valence-corrected chi connectivity index (χ4v) is 3.89. The summed E-state index contributed by atoms with van der Waals surface area (Å²) in [5.74, 6) is 0.947. The van der Waals surface area contributed by atoms with Crippen molar-refractivity contribution in [1.29, 1.82) is 5.26 Å². The highest BCUT2D eigenvalue weighted by Gasteiger charge is 2.31. The SMILES string of the molecule is CCCCOc1ccc(C2C(C#N)=C(N)Oc3cc(OC(=O)c4ccccc4)ccc32)cc1OC. The number of carbonyl (C=O) groups excluding carboxylic acids is 1. The molecule has 7 heteroatoms. The van der Waals surface area contributed by atoms with Gasteiger partial charge < -0.3 is 24.7 Å². The Labute approximate surface area is 204 Å². The van der Waals surface area contributed by atoms with Crippen LogP contribution < -0.4 is 24.7 Å². The van der Waals surface area contributed by atoms with Gasteiger partial charge in [-0.1, -0.05) is 43.7 Å². The Morgan fingerprint density at radius 1 is 1.09 bits per heavy atom. The van der Waals surface area contributed by atoms with Crippen molar-refractivity contribution in [3.63, 3.8) is 0 Å². The molecule has 0 aliphatic carbocycles. The van der Waals surface area contributed by atoms with Crippen LogP contribution in [-0.2, 0) is 0 Å². The first kappa shape index (κ1) is 23.7. The van der Waals surface area contributed by atoms with Gasteiger partial charge in [0.05, 0.1) is 25.2 Å². The van der Waals surface area contributed by atoms with Crippen LogP contribution >= 0.6 is 0 Å². The smallest absolute Gasteiger partial charge is 0.343 e. The molecule has 1 heterocycles. The van der Waals surface area contributed by atoms with Crippen LogP contribution in [-0.4, -0.2) is 19.7 Å². The van der Waals surface area contributed by atoms with E-state index in [1.54, 1.807) is 49.6 Å². The maximum Gasteiger partial charge on any atom is 0.343 e. The number of rotatable bonds is 8. The van der Waals surface area contributed by atoms with Crippen LogP contribution in [0.2, 0.25) is 0 Å². The van der Waals surface area contributed by atoms with Crippen LogP contribution in [0.3, 0.4) is 0 Å². The van der Waals surface area contributed by atoms with Crippen LogP contribution in [0.25, 0.3) is 0 Å². The van der Waals surface area contributed by atoms with Crippen molar-refractivity contribution in [1.82, 2.24) is 0 Å². The van der Waals surface area contributed by atoms with E-state index in [-0.39, 0.29) is 11.5 Å². The molecule has 3 aromatic rings. The summed E-state index contributed by atoms with van der Waals surface area (Å²) in [5, 5.41) is 9.85. The fourth-order valence-electron chi connectivity index (χ4n) is 3.89.